The van der Waals surface area contributed by atoms with Crippen LogP contribution in [0, 0.1) is 5.92 Å². The molecule has 0 saturated carbocycles. The number of nitrogens with zero attached hydrogens (tertiary/aromatic N) is 1. The summed E-state index contributed by atoms with van der Waals surface area (Å²) in [5.74, 6) is 1.42. The third kappa shape index (κ3) is 2.97. The van der Waals surface area contributed by atoms with Gasteiger partial charge < -0.3 is 4.90 Å². The van der Waals surface area contributed by atoms with E-state index in [4.69, 9.17) is 11.6 Å². The van der Waals surface area contributed by atoms with Gasteiger partial charge in [0.1, 0.15) is 0 Å². The van der Waals surface area contributed by atoms with Crippen LogP contribution in [-0.2, 0) is 5.88 Å². The van der Waals surface area contributed by atoms with Crippen LogP contribution in [0.5, 0.6) is 0 Å². The highest BCUT2D eigenvalue weighted by Gasteiger charge is 2.24. The van der Waals surface area contributed by atoms with E-state index in [2.05, 4.69) is 52.9 Å². The summed E-state index contributed by atoms with van der Waals surface area (Å²) in [7, 11) is 0. The van der Waals surface area contributed by atoms with E-state index in [-0.39, 0.29) is 0 Å². The molecule has 17 heavy (non-hydrogen) atoms. The summed E-state index contributed by atoms with van der Waals surface area (Å²) >= 11 is 9.56. The van der Waals surface area contributed by atoms with Crippen molar-refractivity contribution in [3.8, 4) is 0 Å². The molecule has 3 heteroatoms. The minimum Gasteiger partial charge on any atom is -0.369 e. The van der Waals surface area contributed by atoms with Crippen LogP contribution in [0.4, 0.5) is 5.69 Å². The van der Waals surface area contributed by atoms with Crippen LogP contribution >= 0.6 is 27.5 Å². The quantitative estimate of drug-likeness (QED) is 0.708. The maximum Gasteiger partial charge on any atom is 0.0494 e. The van der Waals surface area contributed by atoms with Crippen molar-refractivity contribution in [2.75, 3.05) is 11.4 Å². The molecule has 0 radical (unpaired) electrons. The van der Waals surface area contributed by atoms with Gasteiger partial charge in [-0.15, -0.1) is 11.6 Å². The number of hydrogen-bond donors (Lipinski definition) is 0. The van der Waals surface area contributed by atoms with Gasteiger partial charge >= 0.3 is 0 Å². The smallest absolute Gasteiger partial charge is 0.0494 e. The third-order valence-corrected chi connectivity index (χ3v) is 4.41. The Balaban J connectivity index is 2.27. The molecule has 2 unspecified atom stereocenters. The molecule has 1 aromatic rings. The second-order valence-corrected chi connectivity index (χ2v) is 6.26. The van der Waals surface area contributed by atoms with Gasteiger partial charge in [-0.05, 0) is 49.4 Å². The Kier molecular flexibility index (Phi) is 4.37. The number of halogens is 2. The number of benzene rings is 1. The molecule has 1 saturated heterocycles. The van der Waals surface area contributed by atoms with Crippen molar-refractivity contribution in [3.05, 3.63) is 28.2 Å². The van der Waals surface area contributed by atoms with Crippen LogP contribution in [0.25, 0.3) is 0 Å². The average Bonchev–Trinajstić information content (AvgIpc) is 2.30. The normalized spacial score (nSPS) is 25.1. The fraction of sp³-hybridized carbons (Fsp3) is 0.571. The predicted molar refractivity (Wildman–Crippen MR) is 78.9 cm³/mol. The van der Waals surface area contributed by atoms with Crippen LogP contribution in [-0.4, -0.2) is 12.6 Å². The largest absolute Gasteiger partial charge is 0.369 e. The molecule has 1 nitrogen and oxygen atoms in total. The molecule has 0 aliphatic carbocycles. The molecule has 1 fully saturated rings. The first-order chi connectivity index (χ1) is 8.11. The molecule has 2 atom stereocenters. The zero-order valence-electron chi connectivity index (χ0n) is 10.4. The first-order valence-corrected chi connectivity index (χ1v) is 7.55. The van der Waals surface area contributed by atoms with Crippen molar-refractivity contribution in [3.63, 3.8) is 0 Å². The van der Waals surface area contributed by atoms with Crippen molar-refractivity contribution in [1.29, 1.82) is 0 Å². The molecule has 2 rings (SSSR count). The van der Waals surface area contributed by atoms with E-state index in [0.717, 1.165) is 16.9 Å². The summed E-state index contributed by atoms with van der Waals surface area (Å²) < 4.78 is 1.11. The molecule has 0 aromatic heterocycles. The van der Waals surface area contributed by atoms with Crippen molar-refractivity contribution >= 4 is 33.2 Å². The standard InChI is InChI=1S/C14H19BrClN/c1-10-5-6-17(11(2)7-10)14-4-3-13(15)8-12(14)9-16/h3-4,8,10-11H,5-7,9H2,1-2H3. The maximum atomic E-state index is 6.05. The molecule has 1 aliphatic heterocycles. The molecule has 94 valence electrons. The lowest BCUT2D eigenvalue weighted by molar-refractivity contribution is 0.377. The van der Waals surface area contributed by atoms with Gasteiger partial charge in [-0.1, -0.05) is 22.9 Å². The molecule has 1 aliphatic rings. The second-order valence-electron chi connectivity index (χ2n) is 5.08. The van der Waals surface area contributed by atoms with Gasteiger partial charge in [0.05, 0.1) is 0 Å². The van der Waals surface area contributed by atoms with E-state index < -0.39 is 0 Å². The zero-order chi connectivity index (χ0) is 12.4. The Bertz CT molecular complexity index is 394. The van der Waals surface area contributed by atoms with Crippen LogP contribution in [0.1, 0.15) is 32.3 Å². The van der Waals surface area contributed by atoms with Crippen molar-refractivity contribution in [2.45, 2.75) is 38.6 Å². The van der Waals surface area contributed by atoms with E-state index >= 15 is 0 Å². The predicted octanol–water partition coefficient (Wildman–Crippen LogP) is 4.81. The van der Waals surface area contributed by atoms with Gasteiger partial charge in [-0.25, -0.2) is 0 Å². The zero-order valence-corrected chi connectivity index (χ0v) is 12.8. The highest BCUT2D eigenvalue weighted by molar-refractivity contribution is 9.10. The summed E-state index contributed by atoms with van der Waals surface area (Å²) in [6, 6.07) is 7.04. The Morgan fingerprint density at radius 3 is 2.82 bits per heavy atom. The van der Waals surface area contributed by atoms with E-state index in [1.807, 2.05) is 0 Å². The van der Waals surface area contributed by atoms with Crippen LogP contribution < -0.4 is 4.90 Å². The molecule has 0 spiro atoms. The number of alkyl halides is 1. The van der Waals surface area contributed by atoms with Crippen LogP contribution in [0.2, 0.25) is 0 Å². The lowest BCUT2D eigenvalue weighted by Gasteiger charge is -2.39. The molecular weight excluding hydrogens is 298 g/mol. The Labute approximate surface area is 117 Å². The summed E-state index contributed by atoms with van der Waals surface area (Å²) in [5, 5.41) is 0. The number of rotatable bonds is 2. The highest BCUT2D eigenvalue weighted by atomic mass is 79.9. The summed E-state index contributed by atoms with van der Waals surface area (Å²) in [6.07, 6.45) is 2.56. The molecule has 1 aromatic carbocycles. The van der Waals surface area contributed by atoms with Gasteiger partial charge in [0, 0.05) is 28.6 Å². The minimum atomic E-state index is 0.577. The first-order valence-electron chi connectivity index (χ1n) is 6.23. The fourth-order valence-electron chi connectivity index (χ4n) is 2.71. The topological polar surface area (TPSA) is 3.24 Å². The Morgan fingerprint density at radius 2 is 2.18 bits per heavy atom. The van der Waals surface area contributed by atoms with E-state index in [9.17, 15) is 0 Å². The maximum absolute atomic E-state index is 6.05. The van der Waals surface area contributed by atoms with Crippen molar-refractivity contribution < 1.29 is 0 Å². The lowest BCUT2D eigenvalue weighted by Crippen LogP contribution is -2.40. The Morgan fingerprint density at radius 1 is 1.41 bits per heavy atom. The monoisotopic (exact) mass is 315 g/mol. The Hall–Kier alpha value is -0.210. The third-order valence-electron chi connectivity index (χ3n) is 3.63. The average molecular weight is 317 g/mol. The minimum absolute atomic E-state index is 0.577. The highest BCUT2D eigenvalue weighted by Crippen LogP contribution is 2.32. The number of anilines is 1. The second kappa shape index (κ2) is 5.62. The summed E-state index contributed by atoms with van der Waals surface area (Å²) in [5.41, 5.74) is 2.53. The first kappa shape index (κ1) is 13.2. The number of hydrogen-bond acceptors (Lipinski definition) is 1. The summed E-state index contributed by atoms with van der Waals surface area (Å²) in [6.45, 7) is 5.81. The fourth-order valence-corrected chi connectivity index (χ4v) is 3.33. The number of piperidine rings is 1. The van der Waals surface area contributed by atoms with E-state index in [1.54, 1.807) is 0 Å². The van der Waals surface area contributed by atoms with Gasteiger partial charge in [0.15, 0.2) is 0 Å². The van der Waals surface area contributed by atoms with Gasteiger partial charge in [-0.3, -0.25) is 0 Å². The van der Waals surface area contributed by atoms with E-state index in [1.165, 1.54) is 24.1 Å². The van der Waals surface area contributed by atoms with Gasteiger partial charge in [-0.2, -0.15) is 0 Å². The van der Waals surface area contributed by atoms with Crippen LogP contribution in [0.15, 0.2) is 22.7 Å². The molecule has 0 bridgehead atoms. The van der Waals surface area contributed by atoms with Crippen LogP contribution in [0.3, 0.4) is 0 Å². The molecular formula is C14H19BrClN. The molecule has 0 amide bonds. The lowest BCUT2D eigenvalue weighted by atomic mass is 9.92. The summed E-state index contributed by atoms with van der Waals surface area (Å²) in [4.78, 5) is 2.50. The van der Waals surface area contributed by atoms with Crippen molar-refractivity contribution in [2.24, 2.45) is 5.92 Å². The molecule has 0 N–H and O–H groups in total. The molecule has 1 heterocycles. The van der Waals surface area contributed by atoms with E-state index in [0.29, 0.717) is 11.9 Å². The SMILES string of the molecule is CC1CCN(c2ccc(Br)cc2CCl)C(C)C1. The van der Waals surface area contributed by atoms with Gasteiger partial charge in [0.2, 0.25) is 0 Å². The van der Waals surface area contributed by atoms with Crippen molar-refractivity contribution in [1.82, 2.24) is 0 Å². The van der Waals surface area contributed by atoms with Gasteiger partial charge in [0.25, 0.3) is 0 Å².